The minimum absolute atomic E-state index is 0.0405. The SMILES string of the molecule is OCCn1nnnc1SCC(O)CO. The van der Waals surface area contributed by atoms with Crippen LogP contribution in [0, 0.1) is 0 Å². The predicted octanol–water partition coefficient (Wildman–Crippen LogP) is -1.89. The Morgan fingerprint density at radius 1 is 1.43 bits per heavy atom. The maximum absolute atomic E-state index is 9.08. The molecule has 1 heterocycles. The van der Waals surface area contributed by atoms with Gasteiger partial charge in [0.2, 0.25) is 5.16 Å². The molecule has 0 saturated heterocycles. The lowest BCUT2D eigenvalue weighted by molar-refractivity contribution is 0.113. The minimum Gasteiger partial charge on any atom is -0.394 e. The molecule has 14 heavy (non-hydrogen) atoms. The molecule has 1 aromatic heterocycles. The summed E-state index contributed by atoms with van der Waals surface area (Å²) in [6, 6.07) is 0. The Balaban J connectivity index is 2.45. The number of tetrazole rings is 1. The second-order valence-corrected chi connectivity index (χ2v) is 3.54. The highest BCUT2D eigenvalue weighted by Gasteiger charge is 2.09. The monoisotopic (exact) mass is 220 g/mol. The number of aromatic nitrogens is 4. The van der Waals surface area contributed by atoms with E-state index in [1.807, 2.05) is 0 Å². The lowest BCUT2D eigenvalue weighted by Gasteiger charge is -2.05. The lowest BCUT2D eigenvalue weighted by Crippen LogP contribution is -2.15. The predicted molar refractivity (Wildman–Crippen MR) is 48.7 cm³/mol. The molecule has 0 radical (unpaired) electrons. The number of hydrogen-bond acceptors (Lipinski definition) is 7. The largest absolute Gasteiger partial charge is 0.394 e. The van der Waals surface area contributed by atoms with E-state index in [0.717, 1.165) is 0 Å². The summed E-state index contributed by atoms with van der Waals surface area (Å²) < 4.78 is 1.44. The Labute approximate surface area is 84.7 Å². The van der Waals surface area contributed by atoms with Crippen LogP contribution in [0.15, 0.2) is 5.16 Å². The zero-order valence-electron chi connectivity index (χ0n) is 7.44. The van der Waals surface area contributed by atoms with Crippen molar-refractivity contribution in [1.82, 2.24) is 20.2 Å². The first-order valence-electron chi connectivity index (χ1n) is 4.06. The van der Waals surface area contributed by atoms with Crippen molar-refractivity contribution in [2.75, 3.05) is 19.0 Å². The highest BCUT2D eigenvalue weighted by molar-refractivity contribution is 7.99. The molecule has 0 spiro atoms. The number of aliphatic hydroxyl groups is 3. The molecular formula is C6H12N4O3S. The van der Waals surface area contributed by atoms with Gasteiger partial charge in [0.25, 0.3) is 0 Å². The van der Waals surface area contributed by atoms with E-state index in [1.165, 1.54) is 16.4 Å². The summed E-state index contributed by atoms with van der Waals surface area (Å²) in [5.41, 5.74) is 0. The van der Waals surface area contributed by atoms with Crippen LogP contribution in [0.3, 0.4) is 0 Å². The number of hydrogen-bond donors (Lipinski definition) is 3. The van der Waals surface area contributed by atoms with Gasteiger partial charge in [-0.3, -0.25) is 0 Å². The van der Waals surface area contributed by atoms with Crippen molar-refractivity contribution < 1.29 is 15.3 Å². The average Bonchev–Trinajstić information content (AvgIpc) is 2.62. The van der Waals surface area contributed by atoms with Gasteiger partial charge in [0.05, 0.1) is 25.9 Å². The zero-order chi connectivity index (χ0) is 10.4. The van der Waals surface area contributed by atoms with Crippen LogP contribution in [0.25, 0.3) is 0 Å². The smallest absolute Gasteiger partial charge is 0.209 e. The van der Waals surface area contributed by atoms with Crippen LogP contribution in [0.4, 0.5) is 0 Å². The Morgan fingerprint density at radius 3 is 2.86 bits per heavy atom. The molecule has 80 valence electrons. The van der Waals surface area contributed by atoms with Gasteiger partial charge in [0.15, 0.2) is 0 Å². The summed E-state index contributed by atoms with van der Waals surface area (Å²) in [7, 11) is 0. The van der Waals surface area contributed by atoms with Gasteiger partial charge in [-0.1, -0.05) is 11.8 Å². The van der Waals surface area contributed by atoms with E-state index in [4.69, 9.17) is 15.3 Å². The van der Waals surface area contributed by atoms with Crippen LogP contribution < -0.4 is 0 Å². The first-order valence-corrected chi connectivity index (χ1v) is 5.05. The summed E-state index contributed by atoms with van der Waals surface area (Å²) in [5.74, 6) is 0.322. The molecule has 0 fully saturated rings. The third kappa shape index (κ3) is 3.22. The third-order valence-corrected chi connectivity index (χ3v) is 2.53. The van der Waals surface area contributed by atoms with Crippen LogP contribution in [0.5, 0.6) is 0 Å². The first-order chi connectivity index (χ1) is 6.77. The van der Waals surface area contributed by atoms with Crippen molar-refractivity contribution >= 4 is 11.8 Å². The van der Waals surface area contributed by atoms with Gasteiger partial charge < -0.3 is 15.3 Å². The fourth-order valence-corrected chi connectivity index (χ4v) is 1.58. The Bertz CT molecular complexity index is 269. The van der Waals surface area contributed by atoms with Crippen molar-refractivity contribution in [2.24, 2.45) is 0 Å². The van der Waals surface area contributed by atoms with Gasteiger partial charge in [-0.25, -0.2) is 4.68 Å². The number of thioether (sulfide) groups is 1. The van der Waals surface area contributed by atoms with Crippen LogP contribution in [0.2, 0.25) is 0 Å². The molecule has 1 atom stereocenters. The number of nitrogens with zero attached hydrogens (tertiary/aromatic N) is 4. The topological polar surface area (TPSA) is 104 Å². The van der Waals surface area contributed by atoms with E-state index >= 15 is 0 Å². The van der Waals surface area contributed by atoms with Crippen LogP contribution >= 0.6 is 11.8 Å². The Kier molecular flexibility index (Phi) is 4.80. The molecule has 0 aliphatic carbocycles. The number of aliphatic hydroxyl groups excluding tert-OH is 3. The highest BCUT2D eigenvalue weighted by Crippen LogP contribution is 2.14. The molecule has 3 N–H and O–H groups in total. The van der Waals surface area contributed by atoms with Gasteiger partial charge in [-0.15, -0.1) is 5.10 Å². The molecule has 0 aliphatic heterocycles. The maximum Gasteiger partial charge on any atom is 0.209 e. The van der Waals surface area contributed by atoms with Crippen molar-refractivity contribution in [1.29, 1.82) is 0 Å². The molecule has 0 aliphatic rings. The highest BCUT2D eigenvalue weighted by atomic mass is 32.2. The zero-order valence-corrected chi connectivity index (χ0v) is 8.26. The molecule has 1 rings (SSSR count). The van der Waals surface area contributed by atoms with Gasteiger partial charge >= 0.3 is 0 Å². The van der Waals surface area contributed by atoms with Gasteiger partial charge in [0, 0.05) is 5.75 Å². The molecular weight excluding hydrogens is 208 g/mol. The molecule has 0 amide bonds. The van der Waals surface area contributed by atoms with Crippen molar-refractivity contribution in [3.63, 3.8) is 0 Å². The molecule has 0 bridgehead atoms. The van der Waals surface area contributed by atoms with Crippen molar-refractivity contribution in [2.45, 2.75) is 17.8 Å². The van der Waals surface area contributed by atoms with Gasteiger partial charge in [-0.2, -0.15) is 0 Å². The summed E-state index contributed by atoms with van der Waals surface area (Å²) in [6.07, 6.45) is -0.778. The molecule has 0 saturated carbocycles. The van der Waals surface area contributed by atoms with Gasteiger partial charge in [0.1, 0.15) is 0 Å². The quantitative estimate of drug-likeness (QED) is 0.481. The van der Waals surface area contributed by atoms with E-state index in [-0.39, 0.29) is 13.2 Å². The summed E-state index contributed by atoms with van der Waals surface area (Å²) >= 11 is 1.23. The van der Waals surface area contributed by atoms with Crippen LogP contribution in [-0.4, -0.2) is 60.6 Å². The van der Waals surface area contributed by atoms with E-state index in [9.17, 15) is 0 Å². The fraction of sp³-hybridized carbons (Fsp3) is 0.833. The Morgan fingerprint density at radius 2 is 2.21 bits per heavy atom. The van der Waals surface area contributed by atoms with E-state index < -0.39 is 6.10 Å². The normalized spacial score (nSPS) is 13.1. The molecule has 1 unspecified atom stereocenters. The molecule has 0 aromatic carbocycles. The molecule has 8 heteroatoms. The second kappa shape index (κ2) is 5.91. The molecule has 7 nitrogen and oxygen atoms in total. The lowest BCUT2D eigenvalue weighted by atomic mass is 10.4. The maximum atomic E-state index is 9.08. The van der Waals surface area contributed by atoms with E-state index in [1.54, 1.807) is 0 Å². The summed E-state index contributed by atoms with van der Waals surface area (Å²) in [4.78, 5) is 0. The average molecular weight is 220 g/mol. The van der Waals surface area contributed by atoms with Crippen molar-refractivity contribution in [3.05, 3.63) is 0 Å². The van der Waals surface area contributed by atoms with E-state index in [0.29, 0.717) is 17.5 Å². The van der Waals surface area contributed by atoms with Crippen molar-refractivity contribution in [3.8, 4) is 0 Å². The third-order valence-electron chi connectivity index (χ3n) is 1.43. The second-order valence-electron chi connectivity index (χ2n) is 2.56. The van der Waals surface area contributed by atoms with Crippen LogP contribution in [-0.2, 0) is 6.54 Å². The summed E-state index contributed by atoms with van der Waals surface area (Å²) in [6.45, 7) is 0.000271. The van der Waals surface area contributed by atoms with Gasteiger partial charge in [-0.05, 0) is 10.4 Å². The molecule has 1 aromatic rings. The van der Waals surface area contributed by atoms with Crippen LogP contribution in [0.1, 0.15) is 0 Å². The van der Waals surface area contributed by atoms with E-state index in [2.05, 4.69) is 15.5 Å². The fourth-order valence-electron chi connectivity index (χ4n) is 0.758. The number of rotatable bonds is 6. The summed E-state index contributed by atoms with van der Waals surface area (Å²) in [5, 5.41) is 37.6. The standard InChI is InChI=1S/C6H12N4O3S/c11-2-1-10-6(7-8-9-10)14-4-5(13)3-12/h5,11-13H,1-4H2. The Hall–Kier alpha value is -0.700. The first kappa shape index (κ1) is 11.4. The minimum atomic E-state index is -0.778.